The van der Waals surface area contributed by atoms with Gasteiger partial charge in [-0.1, -0.05) is 18.2 Å². The van der Waals surface area contributed by atoms with E-state index in [4.69, 9.17) is 15.6 Å². The molecule has 0 aliphatic rings. The highest BCUT2D eigenvalue weighted by Gasteiger charge is 2.20. The topological polar surface area (TPSA) is 119 Å². The molecular formula is C13H16N2O5. The summed E-state index contributed by atoms with van der Waals surface area (Å²) in [6, 6.07) is 7.50. The second kappa shape index (κ2) is 7.78. The minimum Gasteiger partial charge on any atom is -0.484 e. The molecule has 0 spiro atoms. The summed E-state index contributed by atoms with van der Waals surface area (Å²) >= 11 is 0. The third-order valence-corrected chi connectivity index (χ3v) is 2.43. The number of aliphatic carboxylic acids is 1. The largest absolute Gasteiger partial charge is 0.484 e. The number of carboxylic acid groups (broad SMARTS) is 1. The molecule has 4 N–H and O–H groups in total. The predicted molar refractivity (Wildman–Crippen MR) is 69.9 cm³/mol. The van der Waals surface area contributed by atoms with Crippen molar-refractivity contribution in [3.05, 3.63) is 30.3 Å². The van der Waals surface area contributed by atoms with E-state index in [1.165, 1.54) is 0 Å². The highest BCUT2D eigenvalue weighted by Crippen LogP contribution is 2.07. The van der Waals surface area contributed by atoms with Crippen LogP contribution < -0.4 is 15.8 Å². The lowest BCUT2D eigenvalue weighted by Gasteiger charge is -2.14. The molecule has 0 radical (unpaired) electrons. The molecule has 0 bridgehead atoms. The molecule has 108 valence electrons. The number of carbonyl (C=O) groups is 3. The van der Waals surface area contributed by atoms with Crippen LogP contribution in [0.2, 0.25) is 0 Å². The molecule has 1 aromatic carbocycles. The Kier molecular flexibility index (Phi) is 6.02. The Morgan fingerprint density at radius 3 is 2.45 bits per heavy atom. The highest BCUT2D eigenvalue weighted by molar-refractivity contribution is 5.85. The molecule has 0 saturated heterocycles. The van der Waals surface area contributed by atoms with Crippen molar-refractivity contribution in [1.29, 1.82) is 0 Å². The number of nitrogens with two attached hydrogens (primary N) is 1. The van der Waals surface area contributed by atoms with Gasteiger partial charge >= 0.3 is 5.97 Å². The lowest BCUT2D eigenvalue weighted by molar-refractivity contribution is -0.142. The summed E-state index contributed by atoms with van der Waals surface area (Å²) in [6.45, 7) is -0.301. The maximum atomic E-state index is 11.6. The van der Waals surface area contributed by atoms with Crippen LogP contribution in [0.1, 0.15) is 12.8 Å². The average Bonchev–Trinajstić information content (AvgIpc) is 2.41. The summed E-state index contributed by atoms with van der Waals surface area (Å²) in [5.74, 6) is -1.91. The molecule has 7 nitrogen and oxygen atoms in total. The number of nitrogens with one attached hydrogen (secondary N) is 1. The molecular weight excluding hydrogens is 264 g/mol. The van der Waals surface area contributed by atoms with Gasteiger partial charge in [-0.3, -0.25) is 9.59 Å². The van der Waals surface area contributed by atoms with E-state index >= 15 is 0 Å². The quantitative estimate of drug-likeness (QED) is 0.614. The Labute approximate surface area is 115 Å². The van der Waals surface area contributed by atoms with E-state index in [1.54, 1.807) is 30.3 Å². The Morgan fingerprint density at radius 2 is 1.90 bits per heavy atom. The highest BCUT2D eigenvalue weighted by atomic mass is 16.5. The molecule has 1 unspecified atom stereocenters. The van der Waals surface area contributed by atoms with E-state index in [-0.39, 0.29) is 19.4 Å². The molecule has 0 aliphatic carbocycles. The third kappa shape index (κ3) is 5.85. The lowest BCUT2D eigenvalue weighted by Crippen LogP contribution is -2.43. The number of benzene rings is 1. The average molecular weight is 280 g/mol. The lowest BCUT2D eigenvalue weighted by atomic mass is 10.1. The molecule has 0 saturated carbocycles. The van der Waals surface area contributed by atoms with Gasteiger partial charge in [-0.25, -0.2) is 4.79 Å². The van der Waals surface area contributed by atoms with E-state index in [1.807, 2.05) is 0 Å². The van der Waals surface area contributed by atoms with Gasteiger partial charge in [0, 0.05) is 6.42 Å². The van der Waals surface area contributed by atoms with Gasteiger partial charge in [-0.15, -0.1) is 0 Å². The van der Waals surface area contributed by atoms with Crippen LogP contribution in [-0.2, 0) is 14.4 Å². The molecule has 1 aromatic rings. The van der Waals surface area contributed by atoms with E-state index in [0.717, 1.165) is 0 Å². The normalized spacial score (nSPS) is 11.4. The van der Waals surface area contributed by atoms with Crippen LogP contribution in [0.3, 0.4) is 0 Å². The number of carbonyl (C=O) groups excluding carboxylic acids is 2. The summed E-state index contributed by atoms with van der Waals surface area (Å²) < 4.78 is 5.18. The Morgan fingerprint density at radius 1 is 1.25 bits per heavy atom. The van der Waals surface area contributed by atoms with Gasteiger partial charge in [0.25, 0.3) is 5.91 Å². The van der Waals surface area contributed by atoms with Crippen molar-refractivity contribution in [3.63, 3.8) is 0 Å². The van der Waals surface area contributed by atoms with Gasteiger partial charge in [-0.05, 0) is 18.6 Å². The molecule has 0 fully saturated rings. The van der Waals surface area contributed by atoms with Crippen molar-refractivity contribution >= 4 is 17.8 Å². The first kappa shape index (κ1) is 15.5. The first-order valence-electron chi connectivity index (χ1n) is 5.97. The van der Waals surface area contributed by atoms with Gasteiger partial charge in [-0.2, -0.15) is 0 Å². The van der Waals surface area contributed by atoms with Crippen LogP contribution in [0.15, 0.2) is 30.3 Å². The minimum atomic E-state index is -1.22. The zero-order valence-corrected chi connectivity index (χ0v) is 10.7. The molecule has 1 atom stereocenters. The van der Waals surface area contributed by atoms with Gasteiger partial charge in [0.05, 0.1) is 0 Å². The predicted octanol–water partition coefficient (Wildman–Crippen LogP) is -0.0997. The molecule has 0 heterocycles. The summed E-state index contributed by atoms with van der Waals surface area (Å²) in [7, 11) is 0. The van der Waals surface area contributed by atoms with E-state index < -0.39 is 23.8 Å². The molecule has 7 heteroatoms. The fraction of sp³-hybridized carbons (Fsp3) is 0.308. The van der Waals surface area contributed by atoms with Gasteiger partial charge < -0.3 is 20.9 Å². The zero-order valence-electron chi connectivity index (χ0n) is 10.7. The van der Waals surface area contributed by atoms with E-state index in [9.17, 15) is 14.4 Å². The Bertz CT molecular complexity index is 475. The molecule has 2 amide bonds. The number of primary amides is 1. The zero-order chi connectivity index (χ0) is 15.0. The van der Waals surface area contributed by atoms with Crippen LogP contribution in [0, 0.1) is 0 Å². The van der Waals surface area contributed by atoms with Crippen molar-refractivity contribution in [2.24, 2.45) is 5.73 Å². The van der Waals surface area contributed by atoms with Gasteiger partial charge in [0.1, 0.15) is 11.8 Å². The number of carboxylic acids is 1. The van der Waals surface area contributed by atoms with Gasteiger partial charge in [0.2, 0.25) is 5.91 Å². The molecule has 0 aromatic heterocycles. The number of para-hydroxylation sites is 1. The van der Waals surface area contributed by atoms with Crippen LogP contribution in [0.4, 0.5) is 0 Å². The van der Waals surface area contributed by atoms with Crippen LogP contribution in [0.25, 0.3) is 0 Å². The Hall–Kier alpha value is -2.57. The van der Waals surface area contributed by atoms with Crippen LogP contribution in [0.5, 0.6) is 5.75 Å². The van der Waals surface area contributed by atoms with Crippen molar-refractivity contribution in [2.45, 2.75) is 18.9 Å². The smallest absolute Gasteiger partial charge is 0.326 e. The number of rotatable bonds is 8. The van der Waals surface area contributed by atoms with E-state index in [2.05, 4.69) is 5.32 Å². The van der Waals surface area contributed by atoms with Crippen molar-refractivity contribution in [3.8, 4) is 5.75 Å². The van der Waals surface area contributed by atoms with Crippen LogP contribution >= 0.6 is 0 Å². The van der Waals surface area contributed by atoms with Gasteiger partial charge in [0.15, 0.2) is 6.61 Å². The fourth-order valence-corrected chi connectivity index (χ4v) is 1.45. The monoisotopic (exact) mass is 280 g/mol. The number of hydrogen-bond acceptors (Lipinski definition) is 4. The number of amides is 2. The minimum absolute atomic E-state index is 0.0538. The summed E-state index contributed by atoms with van der Waals surface area (Å²) in [4.78, 5) is 33.1. The first-order valence-corrected chi connectivity index (χ1v) is 5.97. The first-order chi connectivity index (χ1) is 9.49. The summed E-state index contributed by atoms with van der Waals surface area (Å²) in [5, 5.41) is 11.2. The Balaban J connectivity index is 2.41. The van der Waals surface area contributed by atoms with Crippen molar-refractivity contribution in [1.82, 2.24) is 5.32 Å². The third-order valence-electron chi connectivity index (χ3n) is 2.43. The second-order valence-electron chi connectivity index (χ2n) is 4.07. The maximum Gasteiger partial charge on any atom is 0.326 e. The number of hydrogen-bond donors (Lipinski definition) is 3. The van der Waals surface area contributed by atoms with E-state index in [0.29, 0.717) is 5.75 Å². The molecule has 1 rings (SSSR count). The standard InChI is InChI=1S/C13H16N2O5/c14-11(16)7-6-10(13(18)19)15-12(17)8-20-9-4-2-1-3-5-9/h1-5,10H,6-8H2,(H2,14,16)(H,15,17)(H,18,19). The second-order valence-corrected chi connectivity index (χ2v) is 4.07. The SMILES string of the molecule is NC(=O)CCC(NC(=O)COc1ccccc1)C(=O)O. The van der Waals surface area contributed by atoms with Crippen LogP contribution in [-0.4, -0.2) is 35.5 Å². The molecule has 20 heavy (non-hydrogen) atoms. The fourth-order valence-electron chi connectivity index (χ4n) is 1.45. The number of ether oxygens (including phenoxy) is 1. The summed E-state index contributed by atoms with van der Waals surface area (Å²) in [5.41, 5.74) is 4.94. The van der Waals surface area contributed by atoms with Crippen molar-refractivity contribution in [2.75, 3.05) is 6.61 Å². The maximum absolute atomic E-state index is 11.6. The summed E-state index contributed by atoms with van der Waals surface area (Å²) in [6.07, 6.45) is -0.168. The van der Waals surface area contributed by atoms with Crippen molar-refractivity contribution < 1.29 is 24.2 Å². The molecule has 0 aliphatic heterocycles.